The highest BCUT2D eigenvalue weighted by Gasteiger charge is 2.19. The van der Waals surface area contributed by atoms with E-state index in [1.165, 1.54) is 148 Å². The fraction of sp³-hybridized carbons (Fsp3) is 0.860. The molecule has 6 heteroatoms. The minimum atomic E-state index is -0.772. The standard InChI is InChI=1S/C50H92O6/c1-4-7-10-13-16-19-21-23-25-27-28-31-34-37-40-43-49(52)55-46-47(45-54-48(51)42-39-36-33-30-18-15-12-9-6-3)56-50(53)44-41-38-35-32-29-26-24-22-20-17-14-11-8-5-2/h22-25,47H,4-21,26-46H2,1-3H3/b24-22-,25-23-/t47-/m1/s1. The number of allylic oxidation sites excluding steroid dienone is 4. The van der Waals surface area contributed by atoms with Crippen LogP contribution in [0.2, 0.25) is 0 Å². The maximum atomic E-state index is 12.7. The first-order valence-electron chi connectivity index (χ1n) is 24.3. The molecule has 56 heavy (non-hydrogen) atoms. The van der Waals surface area contributed by atoms with Crippen LogP contribution < -0.4 is 0 Å². The van der Waals surface area contributed by atoms with Crippen LogP contribution in [0.3, 0.4) is 0 Å². The molecule has 0 aromatic rings. The molecule has 0 bridgehead atoms. The summed E-state index contributed by atoms with van der Waals surface area (Å²) in [4.78, 5) is 37.8. The summed E-state index contributed by atoms with van der Waals surface area (Å²) in [5, 5.41) is 0. The molecule has 0 aliphatic heterocycles. The minimum Gasteiger partial charge on any atom is -0.462 e. The summed E-state index contributed by atoms with van der Waals surface area (Å²) in [6.45, 7) is 6.60. The summed E-state index contributed by atoms with van der Waals surface area (Å²) in [6.07, 6.45) is 50.1. The van der Waals surface area contributed by atoms with Crippen molar-refractivity contribution in [2.24, 2.45) is 0 Å². The van der Waals surface area contributed by atoms with E-state index in [1.54, 1.807) is 0 Å². The maximum absolute atomic E-state index is 12.7. The van der Waals surface area contributed by atoms with Gasteiger partial charge in [-0.3, -0.25) is 14.4 Å². The molecule has 0 aromatic carbocycles. The third kappa shape index (κ3) is 43.0. The molecule has 0 radical (unpaired) electrons. The van der Waals surface area contributed by atoms with Crippen molar-refractivity contribution in [3.05, 3.63) is 24.3 Å². The lowest BCUT2D eigenvalue weighted by molar-refractivity contribution is -0.167. The van der Waals surface area contributed by atoms with Crippen LogP contribution in [0.1, 0.15) is 258 Å². The Morgan fingerprint density at radius 3 is 0.893 bits per heavy atom. The van der Waals surface area contributed by atoms with Gasteiger partial charge in [-0.15, -0.1) is 0 Å². The summed E-state index contributed by atoms with van der Waals surface area (Å²) in [7, 11) is 0. The van der Waals surface area contributed by atoms with Crippen molar-refractivity contribution in [3.8, 4) is 0 Å². The van der Waals surface area contributed by atoms with Crippen LogP contribution in [0.25, 0.3) is 0 Å². The van der Waals surface area contributed by atoms with Gasteiger partial charge in [0.1, 0.15) is 13.2 Å². The topological polar surface area (TPSA) is 78.9 Å². The van der Waals surface area contributed by atoms with Crippen LogP contribution in [0, 0.1) is 0 Å². The van der Waals surface area contributed by atoms with E-state index in [4.69, 9.17) is 14.2 Å². The van der Waals surface area contributed by atoms with E-state index in [1.807, 2.05) is 0 Å². The molecule has 0 aliphatic carbocycles. The molecule has 6 nitrogen and oxygen atoms in total. The molecule has 0 unspecified atom stereocenters. The Kier molecular flexibility index (Phi) is 43.9. The van der Waals surface area contributed by atoms with Gasteiger partial charge >= 0.3 is 17.9 Å². The maximum Gasteiger partial charge on any atom is 0.306 e. The fourth-order valence-electron chi connectivity index (χ4n) is 6.96. The lowest BCUT2D eigenvalue weighted by atomic mass is 10.1. The Labute approximate surface area is 347 Å². The molecule has 1 atom stereocenters. The van der Waals surface area contributed by atoms with Crippen molar-refractivity contribution in [3.63, 3.8) is 0 Å². The van der Waals surface area contributed by atoms with Gasteiger partial charge in [-0.2, -0.15) is 0 Å². The Balaban J connectivity index is 4.34. The normalized spacial score (nSPS) is 12.1. The third-order valence-corrected chi connectivity index (χ3v) is 10.7. The first kappa shape index (κ1) is 53.9. The van der Waals surface area contributed by atoms with E-state index >= 15 is 0 Å². The van der Waals surface area contributed by atoms with Crippen LogP contribution in [0.5, 0.6) is 0 Å². The van der Waals surface area contributed by atoms with E-state index in [-0.39, 0.29) is 31.1 Å². The second-order valence-electron chi connectivity index (χ2n) is 16.4. The number of hydrogen-bond donors (Lipinski definition) is 0. The molecular formula is C50H92O6. The zero-order valence-electron chi connectivity index (χ0n) is 37.4. The van der Waals surface area contributed by atoms with Gasteiger partial charge in [-0.1, -0.05) is 193 Å². The zero-order valence-corrected chi connectivity index (χ0v) is 37.4. The monoisotopic (exact) mass is 789 g/mol. The SMILES string of the molecule is CCCCCCC/C=C\CCCCCCCC(=O)O[C@@H](COC(=O)CCCCCCC/C=C\CCCCCCCC)COC(=O)CCCCCCCCCCC. The average Bonchev–Trinajstić information content (AvgIpc) is 3.19. The Morgan fingerprint density at radius 1 is 0.339 bits per heavy atom. The first-order chi connectivity index (χ1) is 27.5. The smallest absolute Gasteiger partial charge is 0.306 e. The Bertz CT molecular complexity index is 911. The first-order valence-corrected chi connectivity index (χ1v) is 24.3. The average molecular weight is 789 g/mol. The predicted octanol–water partition coefficient (Wildman–Crippen LogP) is 15.6. The number of ether oxygens (including phenoxy) is 3. The fourth-order valence-corrected chi connectivity index (χ4v) is 6.96. The van der Waals surface area contributed by atoms with Crippen molar-refractivity contribution in [1.82, 2.24) is 0 Å². The van der Waals surface area contributed by atoms with E-state index < -0.39 is 6.10 Å². The predicted molar refractivity (Wildman–Crippen MR) is 238 cm³/mol. The van der Waals surface area contributed by atoms with Crippen LogP contribution in [-0.4, -0.2) is 37.2 Å². The number of hydrogen-bond acceptors (Lipinski definition) is 6. The molecular weight excluding hydrogens is 697 g/mol. The minimum absolute atomic E-state index is 0.0745. The molecule has 0 N–H and O–H groups in total. The molecule has 0 rings (SSSR count). The molecule has 328 valence electrons. The number of carbonyl (C=O) groups excluding carboxylic acids is 3. The molecule has 0 aliphatic rings. The zero-order chi connectivity index (χ0) is 40.8. The van der Waals surface area contributed by atoms with Crippen LogP contribution in [-0.2, 0) is 28.6 Å². The third-order valence-electron chi connectivity index (χ3n) is 10.7. The second-order valence-corrected chi connectivity index (χ2v) is 16.4. The summed E-state index contributed by atoms with van der Waals surface area (Å²) in [5.41, 5.74) is 0. The number of carbonyl (C=O) groups is 3. The lowest BCUT2D eigenvalue weighted by Crippen LogP contribution is -2.30. The van der Waals surface area contributed by atoms with Gasteiger partial charge in [-0.05, 0) is 70.6 Å². The van der Waals surface area contributed by atoms with Crippen molar-refractivity contribution >= 4 is 17.9 Å². The summed E-state index contributed by atoms with van der Waals surface area (Å²) in [5.74, 6) is -0.887. The van der Waals surface area contributed by atoms with Gasteiger partial charge in [0.2, 0.25) is 0 Å². The van der Waals surface area contributed by atoms with E-state index in [0.717, 1.165) is 70.6 Å². The second kappa shape index (κ2) is 45.6. The largest absolute Gasteiger partial charge is 0.462 e. The molecule has 0 aromatic heterocycles. The Morgan fingerprint density at radius 2 is 0.589 bits per heavy atom. The van der Waals surface area contributed by atoms with Gasteiger partial charge < -0.3 is 14.2 Å². The molecule has 0 saturated heterocycles. The van der Waals surface area contributed by atoms with Crippen molar-refractivity contribution in [2.75, 3.05) is 13.2 Å². The van der Waals surface area contributed by atoms with Crippen LogP contribution in [0.4, 0.5) is 0 Å². The van der Waals surface area contributed by atoms with E-state index in [2.05, 4.69) is 45.1 Å². The van der Waals surface area contributed by atoms with Crippen molar-refractivity contribution in [2.45, 2.75) is 264 Å². The number of rotatable bonds is 44. The summed E-state index contributed by atoms with van der Waals surface area (Å²) in [6, 6.07) is 0. The van der Waals surface area contributed by atoms with Gasteiger partial charge in [0, 0.05) is 19.3 Å². The number of unbranched alkanes of at least 4 members (excludes halogenated alkanes) is 29. The van der Waals surface area contributed by atoms with Crippen molar-refractivity contribution < 1.29 is 28.6 Å². The van der Waals surface area contributed by atoms with Crippen LogP contribution >= 0.6 is 0 Å². The highest BCUT2D eigenvalue weighted by atomic mass is 16.6. The van der Waals surface area contributed by atoms with Gasteiger partial charge in [-0.25, -0.2) is 0 Å². The molecule has 0 spiro atoms. The van der Waals surface area contributed by atoms with Gasteiger partial charge in [0.15, 0.2) is 6.10 Å². The van der Waals surface area contributed by atoms with Gasteiger partial charge in [0.25, 0.3) is 0 Å². The van der Waals surface area contributed by atoms with Crippen molar-refractivity contribution in [1.29, 1.82) is 0 Å². The van der Waals surface area contributed by atoms with E-state index in [0.29, 0.717) is 19.3 Å². The molecule has 0 saturated carbocycles. The summed E-state index contributed by atoms with van der Waals surface area (Å²) >= 11 is 0. The van der Waals surface area contributed by atoms with Gasteiger partial charge in [0.05, 0.1) is 0 Å². The molecule has 0 amide bonds. The molecule has 0 heterocycles. The quantitative estimate of drug-likeness (QED) is 0.0265. The van der Waals surface area contributed by atoms with E-state index in [9.17, 15) is 14.4 Å². The summed E-state index contributed by atoms with van der Waals surface area (Å²) < 4.78 is 16.7. The highest BCUT2D eigenvalue weighted by molar-refractivity contribution is 5.71. The lowest BCUT2D eigenvalue weighted by Gasteiger charge is -2.18. The number of esters is 3. The molecule has 0 fully saturated rings. The highest BCUT2D eigenvalue weighted by Crippen LogP contribution is 2.14. The van der Waals surface area contributed by atoms with Crippen LogP contribution in [0.15, 0.2) is 24.3 Å². The Hall–Kier alpha value is -2.11.